The van der Waals surface area contributed by atoms with Gasteiger partial charge in [-0.05, 0) is 0 Å². The van der Waals surface area contributed by atoms with E-state index in [-0.39, 0.29) is 150 Å². The Morgan fingerprint density at radius 1 is 0.375 bits per heavy atom. The number of rotatable bonds is 0. The molecule has 1 radical (unpaired) electrons. The van der Waals surface area contributed by atoms with Gasteiger partial charge < -0.3 is 74.4 Å². The summed E-state index contributed by atoms with van der Waals surface area (Å²) in [6, 6.07) is 0. The van der Waals surface area contributed by atoms with E-state index in [0.29, 0.717) is 0 Å². The fraction of sp³-hybridized carbons (Fsp3) is 0. The van der Waals surface area contributed by atoms with Crippen LogP contribution in [0, 0.1) is 75.9 Å². The Bertz CT molecular complexity index is 8.49. The first-order chi connectivity index (χ1) is 0. The van der Waals surface area contributed by atoms with Gasteiger partial charge >= 0.3 is 75.9 Å². The van der Waals surface area contributed by atoms with Crippen molar-refractivity contribution in [2.24, 2.45) is 0 Å². The van der Waals surface area contributed by atoms with Crippen LogP contribution in [-0.4, -0.2) is 0 Å². The fourth-order valence-corrected chi connectivity index (χ4v) is 0. The van der Waals surface area contributed by atoms with Crippen LogP contribution in [0.15, 0.2) is 0 Å². The monoisotopic (exact) mass is 535 g/mol. The van der Waals surface area contributed by atoms with E-state index < -0.39 is 0 Å². The smallest absolute Gasteiger partial charge is 1.00 e. The predicted octanol–water partition coefficient (Wildman–Crippen LogP) is -18.0. The van der Waals surface area contributed by atoms with E-state index in [4.69, 9.17) is 0 Å². The molecule has 63 valence electrons. The van der Waals surface area contributed by atoms with Gasteiger partial charge in [-0.2, -0.15) is 0 Å². The van der Waals surface area contributed by atoms with E-state index in [2.05, 4.69) is 0 Å². The fourth-order valence-electron chi connectivity index (χ4n) is 0. The van der Waals surface area contributed by atoms with Crippen LogP contribution in [0.4, 0.5) is 0 Å². The van der Waals surface area contributed by atoms with Crippen LogP contribution in [0.1, 0.15) is 0 Å². The topological polar surface area (TPSA) is 0 Å². The van der Waals surface area contributed by atoms with Crippen LogP contribution in [-0.2, 0) is 0 Å². The van der Waals surface area contributed by atoms with E-state index in [9.17, 15) is 0 Å². The normalized spacial score (nSPS) is 0. The van der Waals surface area contributed by atoms with Gasteiger partial charge in [-0.3, -0.25) is 0 Å². The molecule has 8 heavy (non-hydrogen) atoms. The summed E-state index contributed by atoms with van der Waals surface area (Å²) in [5.74, 6) is 0. The summed E-state index contributed by atoms with van der Waals surface area (Å²) in [7, 11) is 0. The van der Waals surface area contributed by atoms with E-state index in [0.717, 1.165) is 0 Å². The van der Waals surface area contributed by atoms with E-state index in [1.807, 2.05) is 0 Å². The molecule has 8 heteroatoms. The molecule has 0 N–H and O–H groups in total. The van der Waals surface area contributed by atoms with Gasteiger partial charge in [-0.25, -0.2) is 0 Å². The minimum absolute atomic E-state index is 0. The maximum atomic E-state index is 0. The van der Waals surface area contributed by atoms with Crippen molar-refractivity contribution in [3.05, 3.63) is 0 Å². The molecule has 0 aliphatic heterocycles. The molecule has 0 nitrogen and oxygen atoms in total. The Kier molecular flexibility index (Phi) is 696. The van der Waals surface area contributed by atoms with Crippen LogP contribution in [0.25, 0.3) is 0 Å². The van der Waals surface area contributed by atoms with E-state index >= 15 is 0 Å². The second-order valence-corrected chi connectivity index (χ2v) is 0. The Balaban J connectivity index is 0. The molecule has 0 heterocycles. The molecule has 0 spiro atoms. The summed E-state index contributed by atoms with van der Waals surface area (Å²) >= 11 is 0. The van der Waals surface area contributed by atoms with Gasteiger partial charge in [-0.1, -0.05) is 0 Å². The van der Waals surface area contributed by atoms with Gasteiger partial charge in [-0.15, -0.1) is 0 Å². The predicted molar refractivity (Wildman–Crippen MR) is 0 cm³/mol. The summed E-state index contributed by atoms with van der Waals surface area (Å²) < 4.78 is 0. The van der Waals surface area contributed by atoms with Gasteiger partial charge in [0.1, 0.15) is 0 Å². The van der Waals surface area contributed by atoms with Gasteiger partial charge in [0.25, 0.3) is 0 Å². The molecule has 0 aliphatic rings. The maximum Gasteiger partial charge on any atom is 3.00 e. The average Bonchev–Trinajstić information content (AvgIpc) is 0. The second-order valence-electron chi connectivity index (χ2n) is 0. The number of hydrogen-bond donors (Lipinski definition) is 0. The summed E-state index contributed by atoms with van der Waals surface area (Å²) in [5, 5.41) is 0. The van der Waals surface area contributed by atoms with Crippen molar-refractivity contribution >= 4 is 0 Å². The second kappa shape index (κ2) is 65.2. The molecule has 0 aromatic rings. The third kappa shape index (κ3) is 48.4. The van der Waals surface area contributed by atoms with Crippen molar-refractivity contribution in [3.63, 3.8) is 0 Å². The molecule has 0 rings (SSSR count). The zero-order valence-electron chi connectivity index (χ0n) is 2.89. The molecule has 0 amide bonds. The first kappa shape index (κ1) is 85.4. The summed E-state index contributed by atoms with van der Waals surface area (Å²) in [4.78, 5) is 0. The molecule has 0 aromatic heterocycles. The Morgan fingerprint density at radius 2 is 0.375 bits per heavy atom. The molecule has 0 bridgehead atoms. The molecule has 0 fully saturated rings. The molecule has 0 aliphatic carbocycles. The minimum atomic E-state index is 0. The van der Waals surface area contributed by atoms with Gasteiger partial charge in [0.15, 0.2) is 0 Å². The maximum absolute atomic E-state index is 0. The van der Waals surface area contributed by atoms with Crippen LogP contribution in [0.2, 0.25) is 0 Å². The first-order valence-corrected chi connectivity index (χ1v) is 0. The zero-order valence-corrected chi connectivity index (χ0v) is 11.4. The van der Waals surface area contributed by atoms with Crippen molar-refractivity contribution in [3.8, 4) is 0 Å². The number of hydrogen-bond acceptors (Lipinski definition) is 0. The SMILES string of the molecule is [Cl-].[Cl-].[Cl-].[Cl-].[Cl-].[Cl-].[Er+3].[Tb+3]. The van der Waals surface area contributed by atoms with Crippen molar-refractivity contribution in [2.75, 3.05) is 0 Å². The van der Waals surface area contributed by atoms with Crippen molar-refractivity contribution in [1.29, 1.82) is 0 Å². The minimum Gasteiger partial charge on any atom is -1.00 e. The molecular formula is Cl6ErTb. The van der Waals surface area contributed by atoms with Crippen LogP contribution in [0.5, 0.6) is 0 Å². The molecule has 0 unspecified atom stereocenters. The molecule has 0 aromatic carbocycles. The van der Waals surface area contributed by atoms with E-state index in [1.165, 1.54) is 0 Å². The molecule has 0 saturated heterocycles. The van der Waals surface area contributed by atoms with Crippen LogP contribution in [0.3, 0.4) is 0 Å². The van der Waals surface area contributed by atoms with Crippen molar-refractivity contribution in [1.82, 2.24) is 0 Å². The Hall–Kier alpha value is 4.27. The average molecular weight is 539 g/mol. The standard InChI is InChI=1S/6ClH.Er.Tb/h6*1H;;/q;;;;;;2*+3/p-6. The van der Waals surface area contributed by atoms with Crippen LogP contribution < -0.4 is 74.4 Å². The number of halogens is 6. The quantitative estimate of drug-likeness (QED) is 0.288. The van der Waals surface area contributed by atoms with Gasteiger partial charge in [0, 0.05) is 0 Å². The zero-order chi connectivity index (χ0) is 0. The van der Waals surface area contributed by atoms with Gasteiger partial charge in [0.05, 0.1) is 0 Å². The van der Waals surface area contributed by atoms with Crippen molar-refractivity contribution in [2.45, 2.75) is 0 Å². The molecule has 0 saturated carbocycles. The third-order valence-electron chi connectivity index (χ3n) is 0. The first-order valence-electron chi connectivity index (χ1n) is 0. The largest absolute Gasteiger partial charge is 3.00 e. The summed E-state index contributed by atoms with van der Waals surface area (Å²) in [5.41, 5.74) is 0. The van der Waals surface area contributed by atoms with E-state index in [1.54, 1.807) is 0 Å². The van der Waals surface area contributed by atoms with Crippen LogP contribution >= 0.6 is 0 Å². The van der Waals surface area contributed by atoms with Gasteiger partial charge in [0.2, 0.25) is 0 Å². The Morgan fingerprint density at radius 3 is 0.375 bits per heavy atom. The molecular weight excluding hydrogens is 539 g/mol. The molecule has 0 atom stereocenters. The Labute approximate surface area is 147 Å². The third-order valence-corrected chi connectivity index (χ3v) is 0. The summed E-state index contributed by atoms with van der Waals surface area (Å²) in [6.07, 6.45) is 0. The van der Waals surface area contributed by atoms with Crippen molar-refractivity contribution < 1.29 is 150 Å². The summed E-state index contributed by atoms with van der Waals surface area (Å²) in [6.45, 7) is 0.